The van der Waals surface area contributed by atoms with Gasteiger partial charge in [-0.05, 0) is 85.3 Å². The molecular weight excluding hydrogens is 575 g/mol. The van der Waals surface area contributed by atoms with Crippen molar-refractivity contribution >= 4 is 22.5 Å². The van der Waals surface area contributed by atoms with E-state index in [1.54, 1.807) is 16.7 Å². The number of guanidine groups is 1. The number of anilines is 1. The average molecular weight is 621 g/mol. The van der Waals surface area contributed by atoms with Crippen LogP contribution in [0.5, 0.6) is 0 Å². The summed E-state index contributed by atoms with van der Waals surface area (Å²) in [6, 6.07) is 22.8. The number of aryl methyl sites for hydroxylation is 1. The van der Waals surface area contributed by atoms with Crippen molar-refractivity contribution in [3.8, 4) is 11.4 Å². The van der Waals surface area contributed by atoms with Gasteiger partial charge in [0.15, 0.2) is 5.96 Å². The molecule has 2 bridgehead atoms. The molecular formula is C38H45FN6O. The van der Waals surface area contributed by atoms with Gasteiger partial charge in [0.05, 0.1) is 16.9 Å². The predicted molar refractivity (Wildman–Crippen MR) is 185 cm³/mol. The summed E-state index contributed by atoms with van der Waals surface area (Å²) in [5.41, 5.74) is 3.70. The number of piperazine rings is 1. The normalized spacial score (nSPS) is 25.7. The van der Waals surface area contributed by atoms with Crippen molar-refractivity contribution in [2.75, 3.05) is 25.0 Å². The Kier molecular flexibility index (Phi) is 8.17. The minimum absolute atomic E-state index is 0.0831. The maximum atomic E-state index is 14.0. The molecule has 4 fully saturated rings. The molecule has 8 heteroatoms. The first-order valence-electron chi connectivity index (χ1n) is 16.8. The zero-order valence-electron chi connectivity index (χ0n) is 27.3. The van der Waals surface area contributed by atoms with E-state index in [4.69, 9.17) is 9.98 Å². The molecule has 3 aliphatic carbocycles. The summed E-state index contributed by atoms with van der Waals surface area (Å²) < 4.78 is 15.3. The zero-order chi connectivity index (χ0) is 32.0. The number of nitrogens with one attached hydrogen (secondary N) is 2. The molecule has 2 N–H and O–H groups in total. The highest BCUT2D eigenvalue weighted by Gasteiger charge is 2.56. The van der Waals surface area contributed by atoms with Gasteiger partial charge in [0.2, 0.25) is 0 Å². The number of benzene rings is 3. The van der Waals surface area contributed by atoms with E-state index in [1.807, 2.05) is 48.5 Å². The SMILES string of the molecule is CC1CN(C(=NC2CC3CC(C2C)C3(C)C)Nc2ccc3c(=O)n(CCc4ccc(F)cc4)c(-c4ccccc4)nc3c2)CCN1. The van der Waals surface area contributed by atoms with Crippen LogP contribution in [0.2, 0.25) is 0 Å². The fourth-order valence-corrected chi connectivity index (χ4v) is 8.10. The molecule has 0 radical (unpaired) electrons. The molecule has 3 aromatic carbocycles. The molecule has 4 aliphatic rings. The molecule has 5 unspecified atom stereocenters. The first-order chi connectivity index (χ1) is 22.2. The number of hydrogen-bond donors (Lipinski definition) is 2. The number of halogens is 1. The lowest BCUT2D eigenvalue weighted by Gasteiger charge is -2.61. The Balaban J connectivity index is 1.23. The van der Waals surface area contributed by atoms with E-state index in [-0.39, 0.29) is 11.4 Å². The quantitative estimate of drug-likeness (QED) is 0.188. The molecule has 0 amide bonds. The first kappa shape index (κ1) is 30.6. The van der Waals surface area contributed by atoms with Gasteiger partial charge in [0.25, 0.3) is 5.56 Å². The van der Waals surface area contributed by atoms with Crippen LogP contribution in [0.25, 0.3) is 22.3 Å². The monoisotopic (exact) mass is 620 g/mol. The Hall–Kier alpha value is -4.04. The number of fused-ring (bicyclic) bond motifs is 3. The summed E-state index contributed by atoms with van der Waals surface area (Å²) in [7, 11) is 0. The van der Waals surface area contributed by atoms with Crippen molar-refractivity contribution in [1.82, 2.24) is 19.8 Å². The second-order valence-electron chi connectivity index (χ2n) is 14.3. The third kappa shape index (κ3) is 5.83. The molecule has 7 nitrogen and oxygen atoms in total. The van der Waals surface area contributed by atoms with Crippen LogP contribution in [0.1, 0.15) is 46.1 Å². The van der Waals surface area contributed by atoms with Crippen LogP contribution in [-0.4, -0.2) is 52.1 Å². The average Bonchev–Trinajstić information content (AvgIpc) is 3.05. The molecule has 2 heterocycles. The highest BCUT2D eigenvalue weighted by atomic mass is 19.1. The topological polar surface area (TPSA) is 74.5 Å². The Morgan fingerprint density at radius 2 is 1.85 bits per heavy atom. The van der Waals surface area contributed by atoms with Gasteiger partial charge in [-0.25, -0.2) is 14.4 Å². The fourth-order valence-electron chi connectivity index (χ4n) is 8.10. The smallest absolute Gasteiger partial charge is 0.261 e. The van der Waals surface area contributed by atoms with Crippen LogP contribution in [0.4, 0.5) is 10.1 Å². The van der Waals surface area contributed by atoms with Crippen molar-refractivity contribution < 1.29 is 4.39 Å². The Morgan fingerprint density at radius 1 is 1.07 bits per heavy atom. The van der Waals surface area contributed by atoms with Crippen molar-refractivity contribution in [1.29, 1.82) is 0 Å². The van der Waals surface area contributed by atoms with E-state index in [0.717, 1.165) is 60.7 Å². The Bertz CT molecular complexity index is 1800. The minimum Gasteiger partial charge on any atom is -0.340 e. The molecule has 5 atom stereocenters. The van der Waals surface area contributed by atoms with E-state index in [2.05, 4.69) is 43.2 Å². The summed E-state index contributed by atoms with van der Waals surface area (Å²) in [6.07, 6.45) is 3.05. The lowest BCUT2D eigenvalue weighted by Crippen LogP contribution is -2.57. The summed E-state index contributed by atoms with van der Waals surface area (Å²) in [5.74, 6) is 3.26. The standard InChI is InChI=1S/C38H45FN6O/c1-24-23-44(19-17-40-24)37(43-33-21-28-20-32(25(33)2)38(28,3)4)41-30-14-15-31-34(22-30)42-35(27-8-6-5-7-9-27)45(36(31)46)18-16-26-10-12-29(39)13-11-26/h5-15,22,24-25,28,32-33,40H,16-21,23H2,1-4H3,(H,41,43). The number of hydrogen-bond acceptors (Lipinski definition) is 4. The van der Waals surface area contributed by atoms with E-state index < -0.39 is 0 Å². The molecule has 1 aromatic heterocycles. The van der Waals surface area contributed by atoms with E-state index >= 15 is 0 Å². The summed E-state index contributed by atoms with van der Waals surface area (Å²) in [5, 5.41) is 7.82. The van der Waals surface area contributed by atoms with Crippen LogP contribution in [-0.2, 0) is 13.0 Å². The van der Waals surface area contributed by atoms with Gasteiger partial charge in [-0.15, -0.1) is 0 Å². The van der Waals surface area contributed by atoms with Crippen LogP contribution in [0, 0.1) is 29.0 Å². The van der Waals surface area contributed by atoms with Crippen molar-refractivity contribution in [2.45, 2.75) is 65.6 Å². The Labute approximate surface area is 271 Å². The molecule has 240 valence electrons. The number of aromatic nitrogens is 2. The zero-order valence-corrected chi connectivity index (χ0v) is 27.3. The van der Waals surface area contributed by atoms with Gasteiger partial charge >= 0.3 is 0 Å². The fraction of sp³-hybridized carbons (Fsp3) is 0.447. The highest BCUT2D eigenvalue weighted by molar-refractivity contribution is 5.96. The van der Waals surface area contributed by atoms with Crippen molar-refractivity contribution in [2.24, 2.45) is 28.2 Å². The van der Waals surface area contributed by atoms with E-state index in [0.29, 0.717) is 53.1 Å². The second-order valence-corrected chi connectivity index (χ2v) is 14.3. The van der Waals surface area contributed by atoms with Gasteiger partial charge < -0.3 is 15.5 Å². The lowest BCUT2D eigenvalue weighted by molar-refractivity contribution is -0.108. The molecule has 1 saturated heterocycles. The summed E-state index contributed by atoms with van der Waals surface area (Å²) in [4.78, 5) is 26.9. The largest absolute Gasteiger partial charge is 0.340 e. The molecule has 4 aromatic rings. The molecule has 46 heavy (non-hydrogen) atoms. The van der Waals surface area contributed by atoms with E-state index in [9.17, 15) is 9.18 Å². The van der Waals surface area contributed by atoms with E-state index in [1.165, 1.54) is 18.6 Å². The number of rotatable bonds is 6. The third-order valence-corrected chi connectivity index (χ3v) is 11.1. The molecule has 8 rings (SSSR count). The highest BCUT2D eigenvalue weighted by Crippen LogP contribution is 2.61. The molecule has 3 saturated carbocycles. The second kappa shape index (κ2) is 12.3. The van der Waals surface area contributed by atoms with Gasteiger partial charge in [0, 0.05) is 43.5 Å². The van der Waals surface area contributed by atoms with Crippen LogP contribution in [0.15, 0.2) is 82.6 Å². The van der Waals surface area contributed by atoms with Gasteiger partial charge in [-0.3, -0.25) is 9.36 Å². The Morgan fingerprint density at radius 3 is 2.57 bits per heavy atom. The molecule has 1 aliphatic heterocycles. The van der Waals surface area contributed by atoms with Gasteiger partial charge in [-0.2, -0.15) is 0 Å². The first-order valence-corrected chi connectivity index (χ1v) is 16.8. The van der Waals surface area contributed by atoms with Crippen molar-refractivity contribution in [3.63, 3.8) is 0 Å². The van der Waals surface area contributed by atoms with Gasteiger partial charge in [-0.1, -0.05) is 63.2 Å². The maximum Gasteiger partial charge on any atom is 0.261 e. The van der Waals surface area contributed by atoms with Gasteiger partial charge in [0.1, 0.15) is 11.6 Å². The number of aliphatic imine (C=N–C) groups is 1. The van der Waals surface area contributed by atoms with Crippen LogP contribution >= 0.6 is 0 Å². The maximum absolute atomic E-state index is 14.0. The van der Waals surface area contributed by atoms with Crippen molar-refractivity contribution in [3.05, 3.63) is 94.5 Å². The van der Waals surface area contributed by atoms with Crippen LogP contribution in [0.3, 0.4) is 0 Å². The van der Waals surface area contributed by atoms with Crippen LogP contribution < -0.4 is 16.2 Å². The molecule has 0 spiro atoms. The minimum atomic E-state index is -0.267. The summed E-state index contributed by atoms with van der Waals surface area (Å²) in [6.45, 7) is 12.6. The number of nitrogens with zero attached hydrogens (tertiary/aromatic N) is 4. The third-order valence-electron chi connectivity index (χ3n) is 11.1. The predicted octanol–water partition coefficient (Wildman–Crippen LogP) is 6.58. The lowest BCUT2D eigenvalue weighted by atomic mass is 9.45. The summed E-state index contributed by atoms with van der Waals surface area (Å²) >= 11 is 0.